The molecule has 2 amide bonds. The van der Waals surface area contributed by atoms with Gasteiger partial charge in [0.05, 0.1) is 11.3 Å². The smallest absolute Gasteiger partial charge is 0.226 e. The number of rotatable bonds is 4. The van der Waals surface area contributed by atoms with E-state index in [1.807, 2.05) is 6.07 Å². The van der Waals surface area contributed by atoms with Gasteiger partial charge < -0.3 is 10.2 Å². The highest BCUT2D eigenvalue weighted by Crippen LogP contribution is 2.14. The number of likely N-dealkylation sites (tertiary alicyclic amines) is 1. The lowest BCUT2D eigenvalue weighted by molar-refractivity contribution is -0.133. The predicted octanol–water partition coefficient (Wildman–Crippen LogP) is 1.90. The van der Waals surface area contributed by atoms with Gasteiger partial charge in [-0.1, -0.05) is 12.1 Å². The van der Waals surface area contributed by atoms with E-state index in [9.17, 15) is 9.59 Å². The van der Waals surface area contributed by atoms with Gasteiger partial charge in [0, 0.05) is 25.9 Å². The fraction of sp³-hybridized carbons (Fsp3) is 0.400. The van der Waals surface area contributed by atoms with E-state index in [-0.39, 0.29) is 18.2 Å². The van der Waals surface area contributed by atoms with E-state index >= 15 is 0 Å². The van der Waals surface area contributed by atoms with Crippen molar-refractivity contribution < 1.29 is 9.59 Å². The van der Waals surface area contributed by atoms with E-state index in [0.29, 0.717) is 24.2 Å². The van der Waals surface area contributed by atoms with E-state index in [1.54, 1.807) is 29.2 Å². The first-order chi connectivity index (χ1) is 9.70. The molecule has 0 bridgehead atoms. The third-order valence-electron chi connectivity index (χ3n) is 3.35. The number of nitrogens with one attached hydrogen (secondary N) is 1. The molecule has 2 rings (SSSR count). The molecule has 1 heterocycles. The molecule has 0 saturated carbocycles. The van der Waals surface area contributed by atoms with Crippen LogP contribution in [0.1, 0.15) is 31.2 Å². The van der Waals surface area contributed by atoms with Gasteiger partial charge in [-0.3, -0.25) is 9.59 Å². The first kappa shape index (κ1) is 14.1. The van der Waals surface area contributed by atoms with Crippen LogP contribution < -0.4 is 5.32 Å². The van der Waals surface area contributed by atoms with Gasteiger partial charge in [-0.05, 0) is 25.0 Å². The van der Waals surface area contributed by atoms with Crippen molar-refractivity contribution in [3.05, 3.63) is 29.8 Å². The molecular weight excluding hydrogens is 254 g/mol. The van der Waals surface area contributed by atoms with Crippen LogP contribution in [0.3, 0.4) is 0 Å². The maximum Gasteiger partial charge on any atom is 0.226 e. The van der Waals surface area contributed by atoms with Crippen molar-refractivity contribution >= 4 is 17.5 Å². The van der Waals surface area contributed by atoms with E-state index in [1.165, 1.54) is 0 Å². The van der Waals surface area contributed by atoms with Crippen molar-refractivity contribution in [1.82, 2.24) is 4.90 Å². The lowest BCUT2D eigenvalue weighted by Crippen LogP contribution is -2.37. The second-order valence-electron chi connectivity index (χ2n) is 4.79. The van der Waals surface area contributed by atoms with Crippen LogP contribution in [0.4, 0.5) is 5.69 Å². The molecule has 0 radical (unpaired) electrons. The van der Waals surface area contributed by atoms with Gasteiger partial charge in [0.1, 0.15) is 6.07 Å². The molecule has 1 N–H and O–H groups in total. The van der Waals surface area contributed by atoms with Crippen molar-refractivity contribution in [2.45, 2.75) is 25.7 Å². The molecule has 0 spiro atoms. The molecule has 1 aromatic carbocycles. The molecule has 0 atom stereocenters. The van der Waals surface area contributed by atoms with Gasteiger partial charge in [-0.2, -0.15) is 5.26 Å². The van der Waals surface area contributed by atoms with Crippen LogP contribution in [0.2, 0.25) is 0 Å². The van der Waals surface area contributed by atoms with Gasteiger partial charge in [0.15, 0.2) is 0 Å². The number of hydrogen-bond donors (Lipinski definition) is 1. The minimum Gasteiger partial charge on any atom is -0.342 e. The first-order valence-electron chi connectivity index (χ1n) is 6.77. The number of nitrogens with zero attached hydrogens (tertiary/aromatic N) is 2. The van der Waals surface area contributed by atoms with E-state index in [2.05, 4.69) is 5.32 Å². The Morgan fingerprint density at radius 1 is 1.35 bits per heavy atom. The zero-order chi connectivity index (χ0) is 14.4. The standard InChI is InChI=1S/C15H17N3O2/c16-11-12-5-1-2-6-13(12)17-14(19)8-10-18-9-4-3-7-15(18)20/h1-2,5-6H,3-4,7-10H2,(H,17,19). The van der Waals surface area contributed by atoms with Crippen molar-refractivity contribution in [2.24, 2.45) is 0 Å². The van der Waals surface area contributed by atoms with Crippen LogP contribution in [0.15, 0.2) is 24.3 Å². The van der Waals surface area contributed by atoms with Crippen LogP contribution in [0.25, 0.3) is 0 Å². The minimum absolute atomic E-state index is 0.126. The van der Waals surface area contributed by atoms with E-state index in [0.717, 1.165) is 19.4 Å². The zero-order valence-electron chi connectivity index (χ0n) is 11.3. The molecule has 104 valence electrons. The van der Waals surface area contributed by atoms with Gasteiger partial charge in [-0.25, -0.2) is 0 Å². The number of benzene rings is 1. The van der Waals surface area contributed by atoms with Crippen molar-refractivity contribution in [3.8, 4) is 6.07 Å². The summed E-state index contributed by atoms with van der Waals surface area (Å²) in [6, 6.07) is 8.91. The summed E-state index contributed by atoms with van der Waals surface area (Å²) in [5, 5.41) is 11.7. The summed E-state index contributed by atoms with van der Waals surface area (Å²) < 4.78 is 0. The van der Waals surface area contributed by atoms with Gasteiger partial charge in [0.2, 0.25) is 11.8 Å². The van der Waals surface area contributed by atoms with Crippen LogP contribution in [-0.2, 0) is 9.59 Å². The highest BCUT2D eigenvalue weighted by Gasteiger charge is 2.18. The van der Waals surface area contributed by atoms with Crippen molar-refractivity contribution in [3.63, 3.8) is 0 Å². The Morgan fingerprint density at radius 3 is 2.90 bits per heavy atom. The minimum atomic E-state index is -0.175. The summed E-state index contributed by atoms with van der Waals surface area (Å²) >= 11 is 0. The number of piperidine rings is 1. The molecule has 5 heteroatoms. The third kappa shape index (κ3) is 3.58. The van der Waals surface area contributed by atoms with Gasteiger partial charge in [-0.15, -0.1) is 0 Å². The number of amides is 2. The number of nitriles is 1. The van der Waals surface area contributed by atoms with Gasteiger partial charge >= 0.3 is 0 Å². The average Bonchev–Trinajstić information content (AvgIpc) is 2.47. The number of anilines is 1. The number of hydrogen-bond acceptors (Lipinski definition) is 3. The van der Waals surface area contributed by atoms with Crippen LogP contribution in [-0.4, -0.2) is 29.8 Å². The lowest BCUT2D eigenvalue weighted by Gasteiger charge is -2.26. The largest absolute Gasteiger partial charge is 0.342 e. The Bertz CT molecular complexity index is 548. The Balaban J connectivity index is 1.86. The number of carbonyl (C=O) groups excluding carboxylic acids is 2. The summed E-state index contributed by atoms with van der Waals surface area (Å²) in [5.74, 6) is -0.0486. The normalized spacial score (nSPS) is 14.8. The summed E-state index contributed by atoms with van der Waals surface area (Å²) in [5.41, 5.74) is 0.958. The Hall–Kier alpha value is -2.35. The highest BCUT2D eigenvalue weighted by molar-refractivity contribution is 5.92. The summed E-state index contributed by atoms with van der Waals surface area (Å²) in [6.45, 7) is 1.18. The summed E-state index contributed by atoms with van der Waals surface area (Å²) in [4.78, 5) is 25.2. The van der Waals surface area contributed by atoms with Crippen LogP contribution >= 0.6 is 0 Å². The molecule has 1 saturated heterocycles. The second-order valence-corrected chi connectivity index (χ2v) is 4.79. The Labute approximate surface area is 118 Å². The highest BCUT2D eigenvalue weighted by atomic mass is 16.2. The van der Waals surface area contributed by atoms with Gasteiger partial charge in [0.25, 0.3) is 0 Å². The SMILES string of the molecule is N#Cc1ccccc1NC(=O)CCN1CCCCC1=O. The molecule has 1 aliphatic rings. The fourth-order valence-corrected chi connectivity index (χ4v) is 2.24. The Morgan fingerprint density at radius 2 is 2.15 bits per heavy atom. The maximum absolute atomic E-state index is 11.9. The topological polar surface area (TPSA) is 73.2 Å². The molecule has 0 aromatic heterocycles. The molecule has 1 fully saturated rings. The van der Waals surface area contributed by atoms with Crippen molar-refractivity contribution in [2.75, 3.05) is 18.4 Å². The molecule has 20 heavy (non-hydrogen) atoms. The van der Waals surface area contributed by atoms with E-state index < -0.39 is 0 Å². The molecule has 1 aromatic rings. The molecular formula is C15H17N3O2. The quantitative estimate of drug-likeness (QED) is 0.909. The second kappa shape index (κ2) is 6.71. The first-order valence-corrected chi connectivity index (χ1v) is 6.77. The number of para-hydroxylation sites is 1. The summed E-state index contributed by atoms with van der Waals surface area (Å²) in [7, 11) is 0. The lowest BCUT2D eigenvalue weighted by atomic mass is 10.1. The maximum atomic E-state index is 11.9. The van der Waals surface area contributed by atoms with Crippen LogP contribution in [0.5, 0.6) is 0 Å². The van der Waals surface area contributed by atoms with Crippen molar-refractivity contribution in [1.29, 1.82) is 5.26 Å². The number of carbonyl (C=O) groups is 2. The predicted molar refractivity (Wildman–Crippen MR) is 74.8 cm³/mol. The molecule has 5 nitrogen and oxygen atoms in total. The molecule has 0 aliphatic carbocycles. The van der Waals surface area contributed by atoms with E-state index in [4.69, 9.17) is 5.26 Å². The molecule has 0 unspecified atom stereocenters. The molecule has 1 aliphatic heterocycles. The van der Waals surface area contributed by atoms with Crippen LogP contribution in [0, 0.1) is 11.3 Å². The summed E-state index contributed by atoms with van der Waals surface area (Å²) in [6.07, 6.45) is 2.78. The monoisotopic (exact) mass is 271 g/mol. The Kier molecular flexibility index (Phi) is 4.72. The zero-order valence-corrected chi connectivity index (χ0v) is 11.3. The third-order valence-corrected chi connectivity index (χ3v) is 3.35. The fourth-order valence-electron chi connectivity index (χ4n) is 2.24. The average molecular weight is 271 g/mol.